The molecular formula is C15H29N3O6S. The SMILES string of the molecule is COC(=O)[C@H](CN(C)C(=O)OC(C)(C)C)N1CCN(S(C)(=O)=O)CC1. The maximum atomic E-state index is 12.2. The van der Waals surface area contributed by atoms with Crippen molar-refractivity contribution >= 4 is 22.1 Å². The summed E-state index contributed by atoms with van der Waals surface area (Å²) in [5.41, 5.74) is -0.632. The minimum Gasteiger partial charge on any atom is -0.468 e. The van der Waals surface area contributed by atoms with Crippen molar-refractivity contribution in [2.75, 3.05) is 53.1 Å². The summed E-state index contributed by atoms with van der Waals surface area (Å²) in [6, 6.07) is -0.677. The van der Waals surface area contributed by atoms with Crippen LogP contribution in [0.15, 0.2) is 0 Å². The number of ether oxygens (including phenoxy) is 2. The van der Waals surface area contributed by atoms with Crippen molar-refractivity contribution in [3.05, 3.63) is 0 Å². The standard InChI is InChI=1S/C15H29N3O6S/c1-15(2,3)24-14(20)16(4)11-12(13(19)23-5)17-7-9-18(10-8-17)25(6,21)22/h12H,7-11H2,1-6H3/t12-/m0/s1. The number of carbonyl (C=O) groups is 2. The van der Waals surface area contributed by atoms with Crippen molar-refractivity contribution in [3.63, 3.8) is 0 Å². The Bertz CT molecular complexity index is 579. The topological polar surface area (TPSA) is 96.5 Å². The van der Waals surface area contributed by atoms with E-state index in [9.17, 15) is 18.0 Å². The summed E-state index contributed by atoms with van der Waals surface area (Å²) in [6.45, 7) is 6.75. The van der Waals surface area contributed by atoms with E-state index in [2.05, 4.69) is 0 Å². The zero-order valence-corrected chi connectivity index (χ0v) is 16.6. The smallest absolute Gasteiger partial charge is 0.410 e. The van der Waals surface area contributed by atoms with Gasteiger partial charge in [-0.2, -0.15) is 4.31 Å². The number of piperazine rings is 1. The van der Waals surface area contributed by atoms with Gasteiger partial charge in [-0.05, 0) is 20.8 Å². The van der Waals surface area contributed by atoms with Gasteiger partial charge < -0.3 is 14.4 Å². The molecule has 9 nitrogen and oxygen atoms in total. The Balaban J connectivity index is 2.76. The van der Waals surface area contributed by atoms with Crippen molar-refractivity contribution in [2.24, 2.45) is 0 Å². The lowest BCUT2D eigenvalue weighted by Gasteiger charge is -2.38. The van der Waals surface area contributed by atoms with Crippen molar-refractivity contribution in [1.29, 1.82) is 0 Å². The molecule has 1 atom stereocenters. The van der Waals surface area contributed by atoms with E-state index in [1.54, 1.807) is 27.8 Å². The van der Waals surface area contributed by atoms with Gasteiger partial charge in [-0.25, -0.2) is 13.2 Å². The Hall–Kier alpha value is -1.39. The second-order valence-corrected chi connectivity index (χ2v) is 9.08. The number of nitrogens with zero attached hydrogens (tertiary/aromatic N) is 3. The van der Waals surface area contributed by atoms with Crippen LogP contribution in [0, 0.1) is 0 Å². The zero-order chi connectivity index (χ0) is 19.4. The number of hydrogen-bond acceptors (Lipinski definition) is 7. The van der Waals surface area contributed by atoms with E-state index in [1.807, 2.05) is 4.90 Å². The van der Waals surface area contributed by atoms with Gasteiger partial charge in [0.15, 0.2) is 0 Å². The number of hydrogen-bond donors (Lipinski definition) is 0. The largest absolute Gasteiger partial charge is 0.468 e. The summed E-state index contributed by atoms with van der Waals surface area (Å²) < 4.78 is 34.7. The average Bonchev–Trinajstić information content (AvgIpc) is 2.49. The summed E-state index contributed by atoms with van der Waals surface area (Å²) in [5, 5.41) is 0. The minimum absolute atomic E-state index is 0.0977. The van der Waals surface area contributed by atoms with Crippen molar-refractivity contribution in [2.45, 2.75) is 32.4 Å². The first-order valence-corrected chi connectivity index (χ1v) is 9.91. The average molecular weight is 379 g/mol. The van der Waals surface area contributed by atoms with Crippen LogP contribution < -0.4 is 0 Å². The molecule has 1 heterocycles. The molecule has 0 aliphatic carbocycles. The van der Waals surface area contributed by atoms with Gasteiger partial charge >= 0.3 is 12.1 Å². The van der Waals surface area contributed by atoms with Crippen molar-refractivity contribution in [3.8, 4) is 0 Å². The van der Waals surface area contributed by atoms with Gasteiger partial charge in [0.2, 0.25) is 10.0 Å². The number of rotatable bonds is 5. The van der Waals surface area contributed by atoms with Crippen LogP contribution in [0.2, 0.25) is 0 Å². The van der Waals surface area contributed by atoms with Gasteiger partial charge in [0, 0.05) is 39.8 Å². The monoisotopic (exact) mass is 379 g/mol. The highest BCUT2D eigenvalue weighted by Crippen LogP contribution is 2.14. The van der Waals surface area contributed by atoms with E-state index < -0.39 is 33.7 Å². The highest BCUT2D eigenvalue weighted by atomic mass is 32.2. The molecule has 0 radical (unpaired) electrons. The first-order chi connectivity index (χ1) is 11.3. The lowest BCUT2D eigenvalue weighted by atomic mass is 10.2. The summed E-state index contributed by atoms with van der Waals surface area (Å²) in [6.07, 6.45) is 0.632. The fourth-order valence-electron chi connectivity index (χ4n) is 2.50. The van der Waals surface area contributed by atoms with Crippen LogP contribution in [0.25, 0.3) is 0 Å². The quantitative estimate of drug-likeness (QED) is 0.619. The maximum absolute atomic E-state index is 12.2. The van der Waals surface area contributed by atoms with Gasteiger partial charge in [0.25, 0.3) is 0 Å². The third-order valence-corrected chi connectivity index (χ3v) is 5.11. The third-order valence-electron chi connectivity index (χ3n) is 3.81. The number of methoxy groups -OCH3 is 1. The van der Waals surface area contributed by atoms with E-state index in [0.717, 1.165) is 6.26 Å². The Morgan fingerprint density at radius 1 is 1.16 bits per heavy atom. The molecule has 0 aromatic heterocycles. The Morgan fingerprint density at radius 3 is 2.08 bits per heavy atom. The van der Waals surface area contributed by atoms with Crippen LogP contribution in [0.3, 0.4) is 0 Å². The fourth-order valence-corrected chi connectivity index (χ4v) is 3.32. The molecule has 25 heavy (non-hydrogen) atoms. The molecule has 0 unspecified atom stereocenters. The lowest BCUT2D eigenvalue weighted by Crippen LogP contribution is -2.57. The molecule has 1 aliphatic heterocycles. The van der Waals surface area contributed by atoms with Crippen LogP contribution in [-0.4, -0.2) is 99.4 Å². The predicted molar refractivity (Wildman–Crippen MR) is 92.7 cm³/mol. The second-order valence-electron chi connectivity index (χ2n) is 7.10. The summed E-state index contributed by atoms with van der Waals surface area (Å²) >= 11 is 0. The van der Waals surface area contributed by atoms with E-state index in [-0.39, 0.29) is 6.54 Å². The number of likely N-dealkylation sites (N-methyl/N-ethyl adjacent to an activating group) is 1. The van der Waals surface area contributed by atoms with Crippen LogP contribution in [-0.2, 0) is 24.3 Å². The predicted octanol–water partition coefficient (Wildman–Crippen LogP) is -0.0279. The van der Waals surface area contributed by atoms with Gasteiger partial charge in [0.05, 0.1) is 13.4 Å². The molecular weight excluding hydrogens is 350 g/mol. The summed E-state index contributed by atoms with van der Waals surface area (Å²) in [7, 11) is -0.412. The summed E-state index contributed by atoms with van der Waals surface area (Å²) in [4.78, 5) is 27.4. The third kappa shape index (κ3) is 6.79. The van der Waals surface area contributed by atoms with E-state index in [0.29, 0.717) is 26.2 Å². The van der Waals surface area contributed by atoms with E-state index in [1.165, 1.54) is 16.3 Å². The van der Waals surface area contributed by atoms with Crippen molar-refractivity contribution < 1.29 is 27.5 Å². The van der Waals surface area contributed by atoms with Gasteiger partial charge in [-0.1, -0.05) is 0 Å². The van der Waals surface area contributed by atoms with Crippen LogP contribution >= 0.6 is 0 Å². The number of amides is 1. The molecule has 0 spiro atoms. The normalized spacial score (nSPS) is 18.5. The number of carbonyl (C=O) groups excluding carboxylic acids is 2. The molecule has 0 aromatic carbocycles. The van der Waals surface area contributed by atoms with E-state index in [4.69, 9.17) is 9.47 Å². The first-order valence-electron chi connectivity index (χ1n) is 8.06. The van der Waals surface area contributed by atoms with E-state index >= 15 is 0 Å². The Morgan fingerprint density at radius 2 is 1.68 bits per heavy atom. The lowest BCUT2D eigenvalue weighted by molar-refractivity contribution is -0.148. The van der Waals surface area contributed by atoms with Gasteiger partial charge in [0.1, 0.15) is 11.6 Å². The highest BCUT2D eigenvalue weighted by molar-refractivity contribution is 7.88. The second kappa shape index (κ2) is 8.33. The molecule has 10 heteroatoms. The molecule has 0 aromatic rings. The molecule has 1 rings (SSSR count). The molecule has 0 saturated carbocycles. The first kappa shape index (κ1) is 21.7. The highest BCUT2D eigenvalue weighted by Gasteiger charge is 2.34. The number of sulfonamides is 1. The van der Waals surface area contributed by atoms with Gasteiger partial charge in [-0.15, -0.1) is 0 Å². The summed E-state index contributed by atoms with van der Waals surface area (Å²) in [5.74, 6) is -0.469. The van der Waals surface area contributed by atoms with Crippen LogP contribution in [0.1, 0.15) is 20.8 Å². The molecule has 1 amide bonds. The fraction of sp³-hybridized carbons (Fsp3) is 0.867. The molecule has 146 valence electrons. The van der Waals surface area contributed by atoms with Crippen LogP contribution in [0.5, 0.6) is 0 Å². The molecule has 1 fully saturated rings. The molecule has 1 saturated heterocycles. The Kier molecular flexibility index (Phi) is 7.21. The minimum atomic E-state index is -3.25. The number of esters is 1. The molecule has 1 aliphatic rings. The Labute approximate surface area is 149 Å². The zero-order valence-electron chi connectivity index (χ0n) is 15.8. The van der Waals surface area contributed by atoms with Crippen LogP contribution in [0.4, 0.5) is 4.79 Å². The molecule has 0 bridgehead atoms. The maximum Gasteiger partial charge on any atom is 0.410 e. The van der Waals surface area contributed by atoms with Crippen molar-refractivity contribution in [1.82, 2.24) is 14.1 Å². The molecule has 0 N–H and O–H groups in total. The van der Waals surface area contributed by atoms with Gasteiger partial charge in [-0.3, -0.25) is 9.69 Å².